The van der Waals surface area contributed by atoms with Gasteiger partial charge in [-0.1, -0.05) is 25.8 Å². The lowest BCUT2D eigenvalue weighted by atomic mass is 10.1. The number of allylic oxidation sites excluding steroid dienone is 1. The van der Waals surface area contributed by atoms with Crippen molar-refractivity contribution in [1.29, 1.82) is 0 Å². The third-order valence-electron chi connectivity index (χ3n) is 2.97. The van der Waals surface area contributed by atoms with Crippen molar-refractivity contribution in [3.8, 4) is 0 Å². The summed E-state index contributed by atoms with van der Waals surface area (Å²) in [4.78, 5) is 22.8. The number of carboxylic acid groups (broad SMARTS) is 1. The van der Waals surface area contributed by atoms with Gasteiger partial charge in [-0.05, 0) is 30.2 Å². The van der Waals surface area contributed by atoms with E-state index in [-0.39, 0.29) is 12.0 Å². The molecule has 0 aliphatic rings. The Hall–Kier alpha value is -2.24. The molecule has 0 saturated carbocycles. The van der Waals surface area contributed by atoms with Crippen LogP contribution in [0.4, 0.5) is 8.78 Å². The summed E-state index contributed by atoms with van der Waals surface area (Å²) in [6.07, 6.45) is 5.41. The molecule has 2 N–H and O–H groups in total. The maximum atomic E-state index is 13.1. The van der Waals surface area contributed by atoms with Crippen LogP contribution in [0.25, 0.3) is 0 Å². The Morgan fingerprint density at radius 3 is 2.45 bits per heavy atom. The number of amides is 1. The van der Waals surface area contributed by atoms with E-state index in [2.05, 4.69) is 5.32 Å². The molecule has 1 atom stereocenters. The topological polar surface area (TPSA) is 66.4 Å². The van der Waals surface area contributed by atoms with Crippen molar-refractivity contribution in [2.75, 3.05) is 0 Å². The first-order valence-corrected chi connectivity index (χ1v) is 7.07. The molecule has 0 bridgehead atoms. The van der Waals surface area contributed by atoms with Crippen molar-refractivity contribution in [2.45, 2.75) is 38.6 Å². The molecule has 0 aromatic heterocycles. The summed E-state index contributed by atoms with van der Waals surface area (Å²) >= 11 is 0. The molecule has 0 spiro atoms. The summed E-state index contributed by atoms with van der Waals surface area (Å²) in [6, 6.07) is 1.54. The standard InChI is InChI=1S/C16H19F2NO3/c1-2-3-4-5-6-15(20)19-14(16(21)22)9-11-7-12(17)10-13(18)8-11/h5-8,10,14H,2-4,9H2,1H3,(H,19,20)(H,21,22). The van der Waals surface area contributed by atoms with E-state index in [9.17, 15) is 18.4 Å². The Kier molecular flexibility index (Phi) is 7.22. The molecule has 1 amide bonds. The minimum atomic E-state index is -1.26. The van der Waals surface area contributed by atoms with Gasteiger partial charge in [0.25, 0.3) is 0 Å². The van der Waals surface area contributed by atoms with Crippen LogP contribution in [0.2, 0.25) is 0 Å². The quantitative estimate of drug-likeness (QED) is 0.573. The van der Waals surface area contributed by atoms with Crippen molar-refractivity contribution in [2.24, 2.45) is 0 Å². The van der Waals surface area contributed by atoms with Crippen LogP contribution in [0.1, 0.15) is 31.7 Å². The molecule has 1 aromatic rings. The minimum absolute atomic E-state index is 0.167. The van der Waals surface area contributed by atoms with Crippen LogP contribution in [0.15, 0.2) is 30.4 Å². The zero-order valence-electron chi connectivity index (χ0n) is 12.3. The van der Waals surface area contributed by atoms with Gasteiger partial charge in [0.2, 0.25) is 5.91 Å². The van der Waals surface area contributed by atoms with Crippen molar-refractivity contribution in [3.63, 3.8) is 0 Å². The van der Waals surface area contributed by atoms with E-state index in [1.807, 2.05) is 6.92 Å². The van der Waals surface area contributed by atoms with Crippen LogP contribution in [0.5, 0.6) is 0 Å². The molecule has 4 nitrogen and oxygen atoms in total. The molecule has 0 fully saturated rings. The molecule has 1 rings (SSSR count). The van der Waals surface area contributed by atoms with Crippen LogP contribution in [-0.4, -0.2) is 23.0 Å². The van der Waals surface area contributed by atoms with Crippen molar-refractivity contribution in [3.05, 3.63) is 47.5 Å². The Morgan fingerprint density at radius 1 is 1.27 bits per heavy atom. The third-order valence-corrected chi connectivity index (χ3v) is 2.97. The first kappa shape index (κ1) is 17.8. The zero-order valence-corrected chi connectivity index (χ0v) is 12.3. The highest BCUT2D eigenvalue weighted by Crippen LogP contribution is 2.10. The smallest absolute Gasteiger partial charge is 0.326 e. The van der Waals surface area contributed by atoms with E-state index in [0.717, 1.165) is 31.4 Å². The van der Waals surface area contributed by atoms with Gasteiger partial charge in [0.15, 0.2) is 0 Å². The van der Waals surface area contributed by atoms with Gasteiger partial charge >= 0.3 is 5.97 Å². The third kappa shape index (κ3) is 6.47. The molecule has 0 aliphatic heterocycles. The Bertz CT molecular complexity index is 538. The summed E-state index contributed by atoms with van der Waals surface area (Å²) in [5.74, 6) is -3.38. The molecule has 0 aliphatic carbocycles. The second kappa shape index (κ2) is 8.92. The van der Waals surface area contributed by atoms with Gasteiger partial charge in [-0.3, -0.25) is 4.79 Å². The predicted molar refractivity (Wildman–Crippen MR) is 78.3 cm³/mol. The molecule has 1 unspecified atom stereocenters. The summed E-state index contributed by atoms with van der Waals surface area (Å²) in [5.41, 5.74) is 0.167. The summed E-state index contributed by atoms with van der Waals surface area (Å²) < 4.78 is 26.2. The highest BCUT2D eigenvalue weighted by atomic mass is 19.1. The fourth-order valence-electron chi connectivity index (χ4n) is 1.90. The van der Waals surface area contributed by atoms with Crippen LogP contribution in [0, 0.1) is 11.6 Å². The molecule has 0 heterocycles. The van der Waals surface area contributed by atoms with Gasteiger partial charge in [0.05, 0.1) is 0 Å². The number of nitrogens with one attached hydrogen (secondary N) is 1. The first-order chi connectivity index (χ1) is 10.4. The number of hydrogen-bond acceptors (Lipinski definition) is 2. The number of halogens is 2. The lowest BCUT2D eigenvalue weighted by molar-refractivity contribution is -0.141. The van der Waals surface area contributed by atoms with Crippen molar-refractivity contribution >= 4 is 11.9 Å². The number of benzene rings is 1. The minimum Gasteiger partial charge on any atom is -0.480 e. The van der Waals surface area contributed by atoms with Crippen molar-refractivity contribution < 1.29 is 23.5 Å². The molecule has 22 heavy (non-hydrogen) atoms. The largest absolute Gasteiger partial charge is 0.480 e. The highest BCUT2D eigenvalue weighted by Gasteiger charge is 2.20. The number of rotatable bonds is 8. The predicted octanol–water partition coefficient (Wildman–Crippen LogP) is 2.82. The van der Waals surface area contributed by atoms with E-state index in [1.165, 1.54) is 6.08 Å². The lowest BCUT2D eigenvalue weighted by Gasteiger charge is -2.13. The van der Waals surface area contributed by atoms with E-state index < -0.39 is 29.6 Å². The molecule has 0 radical (unpaired) electrons. The molecule has 1 aromatic carbocycles. The molecular weight excluding hydrogens is 292 g/mol. The number of aliphatic carboxylic acids is 1. The maximum absolute atomic E-state index is 13.1. The average Bonchev–Trinajstić information content (AvgIpc) is 2.41. The fraction of sp³-hybridized carbons (Fsp3) is 0.375. The van der Waals surface area contributed by atoms with Crippen LogP contribution in [0.3, 0.4) is 0 Å². The second-order valence-electron chi connectivity index (χ2n) is 4.93. The highest BCUT2D eigenvalue weighted by molar-refractivity contribution is 5.91. The van der Waals surface area contributed by atoms with Crippen LogP contribution < -0.4 is 5.32 Å². The van der Waals surface area contributed by atoms with E-state index in [1.54, 1.807) is 6.08 Å². The van der Waals surface area contributed by atoms with Gasteiger partial charge in [-0.15, -0.1) is 0 Å². The zero-order chi connectivity index (χ0) is 16.5. The fourth-order valence-corrected chi connectivity index (χ4v) is 1.90. The summed E-state index contributed by atoms with van der Waals surface area (Å²) in [7, 11) is 0. The first-order valence-electron chi connectivity index (χ1n) is 7.07. The van der Waals surface area contributed by atoms with Crippen LogP contribution in [-0.2, 0) is 16.0 Å². The normalized spacial score (nSPS) is 12.3. The van der Waals surface area contributed by atoms with Gasteiger partial charge in [-0.25, -0.2) is 13.6 Å². The SMILES string of the molecule is CCCCC=CC(=O)NC(Cc1cc(F)cc(F)c1)C(=O)O. The molecule has 0 saturated heterocycles. The van der Waals surface area contributed by atoms with Gasteiger partial charge in [-0.2, -0.15) is 0 Å². The van der Waals surface area contributed by atoms with Gasteiger partial charge in [0, 0.05) is 12.5 Å². The average molecular weight is 311 g/mol. The molecule has 120 valence electrons. The summed E-state index contributed by atoms with van der Waals surface area (Å²) in [5, 5.41) is 11.4. The molecule has 6 heteroatoms. The van der Waals surface area contributed by atoms with Gasteiger partial charge in [0.1, 0.15) is 17.7 Å². The van der Waals surface area contributed by atoms with Gasteiger partial charge < -0.3 is 10.4 Å². The Labute approximate surface area is 127 Å². The monoisotopic (exact) mass is 311 g/mol. The van der Waals surface area contributed by atoms with E-state index in [0.29, 0.717) is 6.07 Å². The number of unbranched alkanes of at least 4 members (excludes halogenated alkanes) is 2. The number of carbonyl (C=O) groups excluding carboxylic acids is 1. The Balaban J connectivity index is 2.67. The second-order valence-corrected chi connectivity index (χ2v) is 4.93. The lowest BCUT2D eigenvalue weighted by Crippen LogP contribution is -2.41. The Morgan fingerprint density at radius 2 is 1.91 bits per heavy atom. The number of hydrogen-bond donors (Lipinski definition) is 2. The number of carbonyl (C=O) groups is 2. The molecular formula is C16H19F2NO3. The van der Waals surface area contributed by atoms with Crippen LogP contribution >= 0.6 is 0 Å². The summed E-state index contributed by atoms with van der Waals surface area (Å²) in [6.45, 7) is 2.02. The van der Waals surface area contributed by atoms with E-state index >= 15 is 0 Å². The maximum Gasteiger partial charge on any atom is 0.326 e. The van der Waals surface area contributed by atoms with Crippen molar-refractivity contribution in [1.82, 2.24) is 5.32 Å². The van der Waals surface area contributed by atoms with E-state index in [4.69, 9.17) is 5.11 Å². The number of carboxylic acids is 1.